The van der Waals surface area contributed by atoms with E-state index >= 15 is 0 Å². The van der Waals surface area contributed by atoms with Crippen LogP contribution in [0.2, 0.25) is 0 Å². The van der Waals surface area contributed by atoms with E-state index in [4.69, 9.17) is 0 Å². The van der Waals surface area contributed by atoms with E-state index in [1.165, 1.54) is 29.7 Å². The van der Waals surface area contributed by atoms with E-state index in [1.54, 1.807) is 23.7 Å². The van der Waals surface area contributed by atoms with Gasteiger partial charge in [0.15, 0.2) is 0 Å². The molecule has 0 saturated carbocycles. The van der Waals surface area contributed by atoms with Gasteiger partial charge in [0, 0.05) is 0 Å². The summed E-state index contributed by atoms with van der Waals surface area (Å²) in [5, 5.41) is 15.8. The van der Waals surface area contributed by atoms with Crippen LogP contribution in [-0.4, -0.2) is 25.9 Å². The lowest BCUT2D eigenvalue weighted by Gasteiger charge is -2.05. The fourth-order valence-corrected chi connectivity index (χ4v) is 2.57. The molecule has 0 fully saturated rings. The van der Waals surface area contributed by atoms with E-state index < -0.39 is 0 Å². The molecule has 1 aromatic carbocycles. The van der Waals surface area contributed by atoms with E-state index in [9.17, 15) is 9.18 Å². The van der Waals surface area contributed by atoms with E-state index in [0.29, 0.717) is 22.1 Å². The first-order chi connectivity index (χ1) is 10.5. The van der Waals surface area contributed by atoms with Crippen molar-refractivity contribution in [3.8, 4) is 5.69 Å². The van der Waals surface area contributed by atoms with Crippen molar-refractivity contribution in [2.24, 2.45) is 0 Å². The highest BCUT2D eigenvalue weighted by molar-refractivity contribution is 7.15. The zero-order valence-electron chi connectivity index (χ0n) is 11.9. The van der Waals surface area contributed by atoms with Crippen molar-refractivity contribution >= 4 is 22.4 Å². The molecule has 0 spiro atoms. The Morgan fingerprint density at radius 3 is 2.59 bits per heavy atom. The van der Waals surface area contributed by atoms with Gasteiger partial charge in [-0.1, -0.05) is 11.3 Å². The summed E-state index contributed by atoms with van der Waals surface area (Å²) in [5.41, 5.74) is 1.77. The molecule has 0 saturated heterocycles. The number of carbonyl (C=O) groups excluding carboxylic acids is 1. The van der Waals surface area contributed by atoms with E-state index in [0.717, 1.165) is 5.01 Å². The summed E-state index contributed by atoms with van der Waals surface area (Å²) < 4.78 is 14.6. The molecule has 0 aliphatic carbocycles. The lowest BCUT2D eigenvalue weighted by Crippen LogP contribution is -2.13. The maximum atomic E-state index is 13.0. The summed E-state index contributed by atoms with van der Waals surface area (Å²) in [6, 6.07) is 5.90. The number of amides is 1. The Bertz CT molecular complexity index is 824. The lowest BCUT2D eigenvalue weighted by molar-refractivity contribution is 0.102. The van der Waals surface area contributed by atoms with E-state index in [2.05, 4.69) is 20.6 Å². The second kappa shape index (κ2) is 5.64. The van der Waals surface area contributed by atoms with Crippen molar-refractivity contribution in [1.29, 1.82) is 0 Å². The first-order valence-corrected chi connectivity index (χ1v) is 7.28. The highest BCUT2D eigenvalue weighted by Crippen LogP contribution is 2.18. The third-order valence-corrected chi connectivity index (χ3v) is 3.83. The summed E-state index contributed by atoms with van der Waals surface area (Å²) in [6.45, 7) is 3.59. The van der Waals surface area contributed by atoms with Crippen molar-refractivity contribution in [3.63, 3.8) is 0 Å². The SMILES string of the molecule is Cc1nnc(NC(=O)c2cnn(-c3ccc(F)cc3)c2C)s1. The molecule has 22 heavy (non-hydrogen) atoms. The van der Waals surface area contributed by atoms with Crippen LogP contribution in [0.15, 0.2) is 30.5 Å². The molecular formula is C14H12FN5OS. The number of aromatic nitrogens is 4. The van der Waals surface area contributed by atoms with Gasteiger partial charge in [-0.3, -0.25) is 10.1 Å². The Hall–Kier alpha value is -2.61. The average Bonchev–Trinajstić information content (AvgIpc) is 3.06. The maximum Gasteiger partial charge on any atom is 0.260 e. The Morgan fingerprint density at radius 2 is 1.95 bits per heavy atom. The number of rotatable bonds is 3. The second-order valence-corrected chi connectivity index (χ2v) is 5.79. The fraction of sp³-hybridized carbons (Fsp3) is 0.143. The number of aryl methyl sites for hydroxylation is 1. The zero-order chi connectivity index (χ0) is 15.7. The molecule has 3 rings (SSSR count). The third-order valence-electron chi connectivity index (χ3n) is 3.07. The van der Waals surface area contributed by atoms with Crippen LogP contribution < -0.4 is 5.32 Å². The number of hydrogen-bond donors (Lipinski definition) is 1. The van der Waals surface area contributed by atoms with Gasteiger partial charge in [0.1, 0.15) is 10.8 Å². The number of benzene rings is 1. The first-order valence-electron chi connectivity index (χ1n) is 6.46. The Labute approximate surface area is 129 Å². The van der Waals surface area contributed by atoms with Crippen molar-refractivity contribution in [2.75, 3.05) is 5.32 Å². The van der Waals surface area contributed by atoms with Crippen LogP contribution >= 0.6 is 11.3 Å². The average molecular weight is 317 g/mol. The van der Waals surface area contributed by atoms with Crippen LogP contribution in [0.3, 0.4) is 0 Å². The first kappa shape index (κ1) is 14.3. The Morgan fingerprint density at radius 1 is 1.23 bits per heavy atom. The molecule has 112 valence electrons. The molecule has 2 aromatic heterocycles. The molecule has 3 aromatic rings. The fourth-order valence-electron chi connectivity index (χ4n) is 1.99. The van der Waals surface area contributed by atoms with Gasteiger partial charge in [0.2, 0.25) is 5.13 Å². The quantitative estimate of drug-likeness (QED) is 0.806. The second-order valence-electron chi connectivity index (χ2n) is 4.61. The topological polar surface area (TPSA) is 72.7 Å². The Balaban J connectivity index is 1.86. The molecule has 1 amide bonds. The number of nitrogens with one attached hydrogen (secondary N) is 1. The van der Waals surface area contributed by atoms with Crippen molar-refractivity contribution in [2.45, 2.75) is 13.8 Å². The number of carbonyl (C=O) groups is 1. The summed E-state index contributed by atoms with van der Waals surface area (Å²) in [7, 11) is 0. The van der Waals surface area contributed by atoms with Crippen LogP contribution in [0.25, 0.3) is 5.69 Å². The van der Waals surface area contributed by atoms with Gasteiger partial charge in [-0.2, -0.15) is 5.10 Å². The highest BCUT2D eigenvalue weighted by Gasteiger charge is 2.16. The van der Waals surface area contributed by atoms with Gasteiger partial charge >= 0.3 is 0 Å². The summed E-state index contributed by atoms with van der Waals surface area (Å²) in [5.74, 6) is -0.625. The smallest absolute Gasteiger partial charge is 0.260 e. The van der Waals surface area contributed by atoms with Gasteiger partial charge in [-0.25, -0.2) is 9.07 Å². The minimum Gasteiger partial charge on any atom is -0.296 e. The third kappa shape index (κ3) is 2.73. The predicted molar refractivity (Wildman–Crippen MR) is 80.9 cm³/mol. The van der Waals surface area contributed by atoms with Crippen molar-refractivity contribution < 1.29 is 9.18 Å². The van der Waals surface area contributed by atoms with Gasteiger partial charge in [-0.15, -0.1) is 10.2 Å². The van der Waals surface area contributed by atoms with Gasteiger partial charge in [0.05, 0.1) is 23.1 Å². The molecule has 2 heterocycles. The number of nitrogens with zero attached hydrogens (tertiary/aromatic N) is 4. The van der Waals surface area contributed by atoms with Gasteiger partial charge < -0.3 is 0 Å². The van der Waals surface area contributed by atoms with Crippen molar-refractivity contribution in [3.05, 3.63) is 52.5 Å². The van der Waals surface area contributed by atoms with Crippen LogP contribution in [0.1, 0.15) is 21.1 Å². The van der Waals surface area contributed by atoms with Crippen LogP contribution in [0.4, 0.5) is 9.52 Å². The molecule has 0 atom stereocenters. The zero-order valence-corrected chi connectivity index (χ0v) is 12.7. The predicted octanol–water partition coefficient (Wildman–Crippen LogP) is 2.73. The standard InChI is InChI=1S/C14H12FN5OS/c1-8-12(13(21)17-14-19-18-9(2)22-14)7-16-20(8)11-5-3-10(15)4-6-11/h3-7H,1-2H3,(H,17,19,21). The lowest BCUT2D eigenvalue weighted by atomic mass is 10.2. The van der Waals surface area contributed by atoms with Gasteiger partial charge in [0.25, 0.3) is 5.91 Å². The molecule has 0 bridgehead atoms. The molecule has 0 radical (unpaired) electrons. The number of hydrogen-bond acceptors (Lipinski definition) is 5. The van der Waals surface area contributed by atoms with Crippen LogP contribution in [0.5, 0.6) is 0 Å². The normalized spacial score (nSPS) is 10.7. The van der Waals surface area contributed by atoms with E-state index in [-0.39, 0.29) is 11.7 Å². The van der Waals surface area contributed by atoms with E-state index in [1.807, 2.05) is 6.92 Å². The minimum atomic E-state index is -0.321. The number of anilines is 1. The summed E-state index contributed by atoms with van der Waals surface area (Å²) in [4.78, 5) is 12.3. The highest BCUT2D eigenvalue weighted by atomic mass is 32.1. The molecule has 0 aliphatic rings. The largest absolute Gasteiger partial charge is 0.296 e. The van der Waals surface area contributed by atoms with Crippen LogP contribution in [0, 0.1) is 19.7 Å². The van der Waals surface area contributed by atoms with Crippen LogP contribution in [-0.2, 0) is 0 Å². The monoisotopic (exact) mass is 317 g/mol. The molecule has 0 unspecified atom stereocenters. The summed E-state index contributed by atoms with van der Waals surface area (Å²) in [6.07, 6.45) is 1.47. The molecule has 6 nitrogen and oxygen atoms in total. The number of halogens is 1. The maximum absolute atomic E-state index is 13.0. The summed E-state index contributed by atoms with van der Waals surface area (Å²) >= 11 is 1.30. The minimum absolute atomic E-state index is 0.304. The van der Waals surface area contributed by atoms with Crippen molar-refractivity contribution in [1.82, 2.24) is 20.0 Å². The molecular weight excluding hydrogens is 305 g/mol. The van der Waals surface area contributed by atoms with Gasteiger partial charge in [-0.05, 0) is 38.1 Å². The molecule has 1 N–H and O–H groups in total. The molecule has 8 heteroatoms. The molecule has 0 aliphatic heterocycles. The Kier molecular flexibility index (Phi) is 3.68.